The standard InChI is InChI=1S/C18H26N4O3/c1-4-10-20-12-13-7-5-8-14-16(13)21(3)18(25)22(14)15(9-6-11-23)17(24)19-2/h5,7-8,11,15,20H,4,6,9-10,12H2,1-3H3,(H,19,24). The summed E-state index contributed by atoms with van der Waals surface area (Å²) in [5, 5.41) is 5.94. The van der Waals surface area contributed by atoms with Crippen LogP contribution in [0.15, 0.2) is 23.0 Å². The van der Waals surface area contributed by atoms with Crippen molar-refractivity contribution < 1.29 is 9.59 Å². The third-order valence-corrected chi connectivity index (χ3v) is 4.35. The van der Waals surface area contributed by atoms with Crippen LogP contribution >= 0.6 is 0 Å². The summed E-state index contributed by atoms with van der Waals surface area (Å²) in [5.41, 5.74) is 2.28. The number of hydrogen-bond acceptors (Lipinski definition) is 4. The van der Waals surface area contributed by atoms with E-state index in [2.05, 4.69) is 17.6 Å². The van der Waals surface area contributed by atoms with E-state index in [0.717, 1.165) is 30.3 Å². The Balaban J connectivity index is 2.58. The SMILES string of the molecule is CCCNCc1cccc2c1n(C)c(=O)n2C(CCC=O)C(=O)NC. The average molecular weight is 346 g/mol. The Morgan fingerprint density at radius 2 is 2.12 bits per heavy atom. The molecule has 7 nitrogen and oxygen atoms in total. The first kappa shape index (κ1) is 18.9. The third-order valence-electron chi connectivity index (χ3n) is 4.35. The molecule has 0 saturated heterocycles. The van der Waals surface area contributed by atoms with Crippen molar-refractivity contribution in [3.05, 3.63) is 34.2 Å². The highest BCUT2D eigenvalue weighted by atomic mass is 16.2. The summed E-state index contributed by atoms with van der Waals surface area (Å²) in [4.78, 5) is 35.9. The zero-order chi connectivity index (χ0) is 18.4. The second kappa shape index (κ2) is 8.62. The number of benzene rings is 1. The second-order valence-electron chi connectivity index (χ2n) is 6.05. The minimum Gasteiger partial charge on any atom is -0.357 e. The lowest BCUT2D eigenvalue weighted by Crippen LogP contribution is -2.36. The first-order valence-corrected chi connectivity index (χ1v) is 8.61. The van der Waals surface area contributed by atoms with Crippen LogP contribution < -0.4 is 16.3 Å². The van der Waals surface area contributed by atoms with Crippen LogP contribution in [-0.4, -0.2) is 34.9 Å². The first-order valence-electron chi connectivity index (χ1n) is 8.61. The number of nitrogens with one attached hydrogen (secondary N) is 2. The molecule has 1 aromatic carbocycles. The molecule has 25 heavy (non-hydrogen) atoms. The molecule has 1 heterocycles. The van der Waals surface area contributed by atoms with E-state index < -0.39 is 6.04 Å². The molecule has 0 aliphatic carbocycles. The van der Waals surface area contributed by atoms with Crippen molar-refractivity contribution in [2.75, 3.05) is 13.6 Å². The summed E-state index contributed by atoms with van der Waals surface area (Å²) in [5.74, 6) is -0.272. The maximum atomic E-state index is 12.8. The molecule has 0 saturated carbocycles. The number of rotatable bonds is 9. The predicted octanol–water partition coefficient (Wildman–Crippen LogP) is 1.11. The van der Waals surface area contributed by atoms with E-state index in [1.807, 2.05) is 18.2 Å². The van der Waals surface area contributed by atoms with E-state index in [-0.39, 0.29) is 18.0 Å². The predicted molar refractivity (Wildman–Crippen MR) is 97.6 cm³/mol. The summed E-state index contributed by atoms with van der Waals surface area (Å²) in [7, 11) is 3.25. The molecule has 2 rings (SSSR count). The number of aromatic nitrogens is 2. The van der Waals surface area contributed by atoms with Crippen LogP contribution in [0.2, 0.25) is 0 Å². The Kier molecular flexibility index (Phi) is 6.52. The second-order valence-corrected chi connectivity index (χ2v) is 6.05. The molecule has 0 bridgehead atoms. The molecule has 0 aliphatic heterocycles. The number of aryl methyl sites for hydroxylation is 1. The number of imidazole rings is 1. The van der Waals surface area contributed by atoms with Crippen molar-refractivity contribution in [3.63, 3.8) is 0 Å². The van der Waals surface area contributed by atoms with Gasteiger partial charge in [-0.2, -0.15) is 0 Å². The van der Waals surface area contributed by atoms with Crippen LogP contribution in [0.3, 0.4) is 0 Å². The molecule has 2 aromatic rings. The van der Waals surface area contributed by atoms with E-state index >= 15 is 0 Å². The lowest BCUT2D eigenvalue weighted by atomic mass is 10.1. The summed E-state index contributed by atoms with van der Waals surface area (Å²) >= 11 is 0. The van der Waals surface area contributed by atoms with Crippen LogP contribution in [0.1, 0.15) is 37.8 Å². The van der Waals surface area contributed by atoms with E-state index in [4.69, 9.17) is 0 Å². The number of carbonyl (C=O) groups is 2. The minimum absolute atomic E-state index is 0.221. The third kappa shape index (κ3) is 3.82. The monoisotopic (exact) mass is 346 g/mol. The Labute approximate surface area is 147 Å². The molecule has 1 amide bonds. The Hall–Kier alpha value is -2.41. The summed E-state index contributed by atoms with van der Waals surface area (Å²) in [6, 6.07) is 5.01. The van der Waals surface area contributed by atoms with Gasteiger partial charge in [-0.3, -0.25) is 13.9 Å². The fraction of sp³-hybridized carbons (Fsp3) is 0.500. The molecule has 7 heteroatoms. The lowest BCUT2D eigenvalue weighted by molar-refractivity contribution is -0.124. The van der Waals surface area contributed by atoms with Crippen molar-refractivity contribution in [2.24, 2.45) is 7.05 Å². The van der Waals surface area contributed by atoms with Crippen LogP contribution in [0.4, 0.5) is 0 Å². The highest BCUT2D eigenvalue weighted by molar-refractivity contribution is 5.85. The molecule has 2 N–H and O–H groups in total. The average Bonchev–Trinajstić information content (AvgIpc) is 2.87. The maximum Gasteiger partial charge on any atom is 0.329 e. The van der Waals surface area contributed by atoms with Gasteiger partial charge in [0.15, 0.2) is 0 Å². The molecular weight excluding hydrogens is 320 g/mol. The number of fused-ring (bicyclic) bond motifs is 1. The van der Waals surface area contributed by atoms with Crippen LogP contribution in [0.5, 0.6) is 0 Å². The Morgan fingerprint density at radius 1 is 1.36 bits per heavy atom. The zero-order valence-electron chi connectivity index (χ0n) is 15.0. The largest absolute Gasteiger partial charge is 0.357 e. The Bertz CT molecular complexity index is 806. The van der Waals surface area contributed by atoms with E-state index in [1.54, 1.807) is 11.6 Å². The number of amides is 1. The quantitative estimate of drug-likeness (QED) is 0.526. The van der Waals surface area contributed by atoms with Gasteiger partial charge in [-0.15, -0.1) is 0 Å². The van der Waals surface area contributed by atoms with Gasteiger partial charge in [0, 0.05) is 27.1 Å². The van der Waals surface area contributed by atoms with Gasteiger partial charge in [0.25, 0.3) is 0 Å². The number of hydrogen-bond donors (Lipinski definition) is 2. The van der Waals surface area contributed by atoms with E-state index in [0.29, 0.717) is 18.5 Å². The van der Waals surface area contributed by atoms with Gasteiger partial charge in [0.1, 0.15) is 12.3 Å². The minimum atomic E-state index is -0.703. The number of carbonyl (C=O) groups excluding carboxylic acids is 2. The number of likely N-dealkylation sites (N-methyl/N-ethyl adjacent to an activating group) is 1. The summed E-state index contributed by atoms with van der Waals surface area (Å²) in [6.45, 7) is 3.65. The molecule has 0 radical (unpaired) electrons. The molecule has 0 spiro atoms. The molecule has 0 aliphatic rings. The first-order chi connectivity index (χ1) is 12.1. The number of nitrogens with zero attached hydrogens (tertiary/aromatic N) is 2. The Morgan fingerprint density at radius 3 is 2.76 bits per heavy atom. The summed E-state index contributed by atoms with van der Waals surface area (Å²) in [6.07, 6.45) is 2.31. The molecule has 1 aromatic heterocycles. The van der Waals surface area contributed by atoms with Crippen molar-refractivity contribution in [2.45, 2.75) is 38.8 Å². The topological polar surface area (TPSA) is 85.1 Å². The van der Waals surface area contributed by atoms with Crippen LogP contribution in [0, 0.1) is 0 Å². The van der Waals surface area contributed by atoms with Gasteiger partial charge < -0.3 is 15.4 Å². The van der Waals surface area contributed by atoms with Gasteiger partial charge in [-0.05, 0) is 31.0 Å². The van der Waals surface area contributed by atoms with Crippen molar-refractivity contribution in [1.82, 2.24) is 19.8 Å². The normalized spacial score (nSPS) is 12.3. The van der Waals surface area contributed by atoms with Gasteiger partial charge in [0.05, 0.1) is 11.0 Å². The molecular formula is C18H26N4O3. The smallest absolute Gasteiger partial charge is 0.329 e. The maximum absolute atomic E-state index is 12.8. The molecule has 1 unspecified atom stereocenters. The van der Waals surface area contributed by atoms with Crippen molar-refractivity contribution in [3.8, 4) is 0 Å². The highest BCUT2D eigenvalue weighted by Crippen LogP contribution is 2.23. The van der Waals surface area contributed by atoms with Crippen molar-refractivity contribution >= 4 is 23.2 Å². The fourth-order valence-electron chi connectivity index (χ4n) is 3.13. The zero-order valence-corrected chi connectivity index (χ0v) is 15.0. The molecule has 136 valence electrons. The molecule has 0 fully saturated rings. The number of aldehydes is 1. The van der Waals surface area contributed by atoms with Crippen LogP contribution in [0.25, 0.3) is 11.0 Å². The van der Waals surface area contributed by atoms with E-state index in [9.17, 15) is 14.4 Å². The number of para-hydroxylation sites is 1. The summed E-state index contributed by atoms with van der Waals surface area (Å²) < 4.78 is 3.08. The molecule has 1 atom stereocenters. The lowest BCUT2D eigenvalue weighted by Gasteiger charge is -2.16. The van der Waals surface area contributed by atoms with Gasteiger partial charge in [-0.25, -0.2) is 4.79 Å². The van der Waals surface area contributed by atoms with Crippen molar-refractivity contribution in [1.29, 1.82) is 0 Å². The van der Waals surface area contributed by atoms with Gasteiger partial charge >= 0.3 is 5.69 Å². The van der Waals surface area contributed by atoms with Crippen LogP contribution in [-0.2, 0) is 23.2 Å². The van der Waals surface area contributed by atoms with Gasteiger partial charge in [0.2, 0.25) is 5.91 Å². The van der Waals surface area contributed by atoms with E-state index in [1.165, 1.54) is 11.6 Å². The van der Waals surface area contributed by atoms with Gasteiger partial charge in [-0.1, -0.05) is 19.1 Å². The highest BCUT2D eigenvalue weighted by Gasteiger charge is 2.25. The fourth-order valence-corrected chi connectivity index (χ4v) is 3.13.